The normalized spacial score (nSPS) is 16.6. The molecule has 9 heteroatoms. The van der Waals surface area contributed by atoms with Crippen LogP contribution in [0.25, 0.3) is 11.2 Å². The highest BCUT2D eigenvalue weighted by Gasteiger charge is 2.30. The van der Waals surface area contributed by atoms with Crippen LogP contribution in [-0.4, -0.2) is 24.4 Å². The summed E-state index contributed by atoms with van der Waals surface area (Å²) >= 11 is 6.31. The topological polar surface area (TPSA) is 77.4 Å². The minimum absolute atomic E-state index is 0.155. The van der Waals surface area contributed by atoms with Crippen molar-refractivity contribution in [2.24, 2.45) is 19.2 Å². The first-order chi connectivity index (χ1) is 12.8. The third-order valence-corrected chi connectivity index (χ3v) is 5.42. The number of aryl methyl sites for hydroxylation is 1. The predicted molar refractivity (Wildman–Crippen MR) is 106 cm³/mol. The van der Waals surface area contributed by atoms with Gasteiger partial charge in [0.25, 0.3) is 5.56 Å². The molecule has 140 valence electrons. The second kappa shape index (κ2) is 6.09. The van der Waals surface area contributed by atoms with Gasteiger partial charge in [-0.15, -0.1) is 0 Å². The predicted octanol–water partition coefficient (Wildman–Crippen LogP) is 2.04. The summed E-state index contributed by atoms with van der Waals surface area (Å²) in [6.45, 7) is 4.27. The fraction of sp³-hybridized carbons (Fsp3) is 0.333. The average Bonchev–Trinajstić information content (AvgIpc) is 3.05. The van der Waals surface area contributed by atoms with E-state index in [2.05, 4.69) is 10.1 Å². The van der Waals surface area contributed by atoms with Gasteiger partial charge in [0.05, 0.1) is 18.3 Å². The van der Waals surface area contributed by atoms with E-state index in [4.69, 9.17) is 11.6 Å². The van der Waals surface area contributed by atoms with Crippen LogP contribution in [-0.2, 0) is 20.6 Å². The summed E-state index contributed by atoms with van der Waals surface area (Å²) in [5, 5.41) is 7.01. The van der Waals surface area contributed by atoms with Gasteiger partial charge < -0.3 is 0 Å². The van der Waals surface area contributed by atoms with Gasteiger partial charge in [0.1, 0.15) is 0 Å². The molecule has 8 nitrogen and oxygen atoms in total. The van der Waals surface area contributed by atoms with E-state index in [1.807, 2.05) is 42.7 Å². The van der Waals surface area contributed by atoms with Gasteiger partial charge in [-0.25, -0.2) is 9.80 Å². The summed E-state index contributed by atoms with van der Waals surface area (Å²) in [5.41, 5.74) is 1.69. The third-order valence-electron chi connectivity index (χ3n) is 5.05. The summed E-state index contributed by atoms with van der Waals surface area (Å²) in [5.74, 6) is 0.515. The number of hydrazone groups is 1. The molecule has 3 heterocycles. The van der Waals surface area contributed by atoms with Crippen LogP contribution >= 0.6 is 11.6 Å². The van der Waals surface area contributed by atoms with Gasteiger partial charge >= 0.3 is 5.69 Å². The van der Waals surface area contributed by atoms with E-state index >= 15 is 0 Å². The Hall–Kier alpha value is -2.87. The summed E-state index contributed by atoms with van der Waals surface area (Å²) in [6.07, 6.45) is 0. The van der Waals surface area contributed by atoms with E-state index in [0.29, 0.717) is 28.7 Å². The first kappa shape index (κ1) is 17.5. The van der Waals surface area contributed by atoms with E-state index in [0.717, 1.165) is 15.8 Å². The van der Waals surface area contributed by atoms with Crippen molar-refractivity contribution in [2.75, 3.05) is 5.01 Å². The largest absolute Gasteiger partial charge is 0.332 e. The zero-order valence-electron chi connectivity index (χ0n) is 15.5. The molecule has 0 N–H and O–H groups in total. The number of imidazole rings is 1. The smallest absolute Gasteiger partial charge is 0.294 e. The molecule has 1 atom stereocenters. The highest BCUT2D eigenvalue weighted by molar-refractivity contribution is 6.31. The molecule has 2 aromatic heterocycles. The van der Waals surface area contributed by atoms with Crippen molar-refractivity contribution in [1.82, 2.24) is 18.7 Å². The summed E-state index contributed by atoms with van der Waals surface area (Å²) in [6, 6.07) is 7.37. The number of hydrogen-bond acceptors (Lipinski definition) is 5. The van der Waals surface area contributed by atoms with E-state index in [1.54, 1.807) is 12.1 Å². The van der Waals surface area contributed by atoms with Crippen molar-refractivity contribution in [1.29, 1.82) is 0 Å². The Kier molecular flexibility index (Phi) is 3.96. The van der Waals surface area contributed by atoms with E-state index < -0.39 is 5.69 Å². The summed E-state index contributed by atoms with van der Waals surface area (Å²) in [7, 11) is 3.08. The zero-order valence-corrected chi connectivity index (χ0v) is 16.2. The number of benzene rings is 1. The summed E-state index contributed by atoms with van der Waals surface area (Å²) in [4.78, 5) is 29.7. The van der Waals surface area contributed by atoms with E-state index in [9.17, 15) is 9.59 Å². The molecule has 0 bridgehead atoms. The number of anilines is 1. The number of fused-ring (bicyclic) bond motifs is 3. The highest BCUT2D eigenvalue weighted by atomic mass is 35.5. The molecule has 4 rings (SSSR count). The molecule has 1 aliphatic heterocycles. The van der Waals surface area contributed by atoms with Crippen molar-refractivity contribution >= 4 is 34.4 Å². The lowest BCUT2D eigenvalue weighted by molar-refractivity contribution is 0.634. The first-order valence-electron chi connectivity index (χ1n) is 8.55. The maximum absolute atomic E-state index is 12.8. The van der Waals surface area contributed by atoms with Gasteiger partial charge in [0, 0.05) is 19.1 Å². The fourth-order valence-corrected chi connectivity index (χ4v) is 3.55. The SMILES string of the molecule is CC1=NN(Cc2ccccc2Cl)c2nc3c(c(=O)n(C)c(=O)n3C)n2[C@H]1C. The molecule has 0 aliphatic carbocycles. The number of halogens is 1. The molecule has 3 aromatic rings. The van der Waals surface area contributed by atoms with Crippen molar-refractivity contribution in [3.05, 3.63) is 55.7 Å². The van der Waals surface area contributed by atoms with Crippen LogP contribution in [0.5, 0.6) is 0 Å². The van der Waals surface area contributed by atoms with Crippen LogP contribution < -0.4 is 16.3 Å². The van der Waals surface area contributed by atoms with Crippen LogP contribution in [0.2, 0.25) is 5.02 Å². The highest BCUT2D eigenvalue weighted by Crippen LogP contribution is 2.31. The van der Waals surface area contributed by atoms with E-state index in [-0.39, 0.29) is 11.6 Å². The van der Waals surface area contributed by atoms with Crippen LogP contribution in [0.3, 0.4) is 0 Å². The maximum atomic E-state index is 12.8. The Labute approximate surface area is 159 Å². The molecular formula is C18H19ClN6O2. The van der Waals surface area contributed by atoms with Crippen molar-refractivity contribution in [2.45, 2.75) is 26.4 Å². The molecular weight excluding hydrogens is 368 g/mol. The number of nitrogens with zero attached hydrogens (tertiary/aromatic N) is 6. The Morgan fingerprint density at radius 2 is 1.85 bits per heavy atom. The monoisotopic (exact) mass is 386 g/mol. The number of hydrogen-bond donors (Lipinski definition) is 0. The lowest BCUT2D eigenvalue weighted by Gasteiger charge is -2.29. The molecule has 0 radical (unpaired) electrons. The van der Waals surface area contributed by atoms with Crippen molar-refractivity contribution < 1.29 is 0 Å². The van der Waals surface area contributed by atoms with Crippen molar-refractivity contribution in [3.63, 3.8) is 0 Å². The molecule has 0 unspecified atom stereocenters. The molecule has 27 heavy (non-hydrogen) atoms. The Bertz CT molecular complexity index is 1220. The molecule has 0 fully saturated rings. The van der Waals surface area contributed by atoms with Gasteiger partial charge in [0.2, 0.25) is 5.95 Å². The second-order valence-electron chi connectivity index (χ2n) is 6.73. The van der Waals surface area contributed by atoms with Gasteiger partial charge in [-0.1, -0.05) is 29.8 Å². The average molecular weight is 387 g/mol. The second-order valence-corrected chi connectivity index (χ2v) is 7.13. The molecule has 0 spiro atoms. The van der Waals surface area contributed by atoms with Gasteiger partial charge in [0.15, 0.2) is 11.2 Å². The van der Waals surface area contributed by atoms with E-state index in [1.165, 1.54) is 11.6 Å². The molecule has 0 amide bonds. The van der Waals surface area contributed by atoms with Gasteiger partial charge in [-0.3, -0.25) is 18.5 Å². The van der Waals surface area contributed by atoms with Crippen molar-refractivity contribution in [3.8, 4) is 0 Å². The van der Waals surface area contributed by atoms with Crippen LogP contribution in [0.4, 0.5) is 5.95 Å². The Balaban J connectivity index is 1.98. The number of aromatic nitrogens is 4. The lowest BCUT2D eigenvalue weighted by Crippen LogP contribution is -2.38. The summed E-state index contributed by atoms with van der Waals surface area (Å²) < 4.78 is 4.33. The standard InChI is InChI=1S/C18H19ClN6O2/c1-10-11(2)25-14-15(22(3)18(27)23(4)16(14)26)20-17(25)24(21-10)9-12-7-5-6-8-13(12)19/h5-8,11H,9H2,1-4H3/t11-/m0/s1. The zero-order chi connectivity index (χ0) is 19.5. The molecule has 1 aliphatic rings. The minimum atomic E-state index is -0.411. The molecule has 0 saturated carbocycles. The first-order valence-corrected chi connectivity index (χ1v) is 8.93. The molecule has 0 saturated heterocycles. The van der Waals surface area contributed by atoms with Crippen LogP contribution in [0.15, 0.2) is 39.0 Å². The lowest BCUT2D eigenvalue weighted by atomic mass is 10.2. The fourth-order valence-electron chi connectivity index (χ4n) is 3.35. The van der Waals surface area contributed by atoms with Crippen LogP contribution in [0.1, 0.15) is 25.5 Å². The Morgan fingerprint density at radius 1 is 1.15 bits per heavy atom. The molecule has 1 aromatic carbocycles. The minimum Gasteiger partial charge on any atom is -0.294 e. The Morgan fingerprint density at radius 3 is 2.56 bits per heavy atom. The maximum Gasteiger partial charge on any atom is 0.332 e. The van der Waals surface area contributed by atoms with Crippen LogP contribution in [0, 0.1) is 0 Å². The quantitative estimate of drug-likeness (QED) is 0.675. The number of rotatable bonds is 2. The van der Waals surface area contributed by atoms with Gasteiger partial charge in [-0.2, -0.15) is 10.1 Å². The van der Waals surface area contributed by atoms with Gasteiger partial charge in [-0.05, 0) is 25.5 Å². The third kappa shape index (κ3) is 2.51.